The van der Waals surface area contributed by atoms with Crippen molar-refractivity contribution in [3.63, 3.8) is 0 Å². The highest BCUT2D eigenvalue weighted by atomic mass is 32.2. The van der Waals surface area contributed by atoms with Gasteiger partial charge in [0.15, 0.2) is 9.84 Å². The van der Waals surface area contributed by atoms with Gasteiger partial charge in [-0.3, -0.25) is 0 Å². The minimum Gasteiger partial charge on any atom is -0.336 e. The summed E-state index contributed by atoms with van der Waals surface area (Å²) in [6.07, 6.45) is 5.72. The van der Waals surface area contributed by atoms with Crippen LogP contribution in [0.1, 0.15) is 24.2 Å². The Hall–Kier alpha value is -1.66. The molecule has 0 unspecified atom stereocenters. The van der Waals surface area contributed by atoms with Crippen LogP contribution < -0.4 is 5.32 Å². The second kappa shape index (κ2) is 6.41. The molecule has 21 heavy (non-hydrogen) atoms. The molecule has 0 amide bonds. The van der Waals surface area contributed by atoms with Gasteiger partial charge in [-0.1, -0.05) is 12.1 Å². The summed E-state index contributed by atoms with van der Waals surface area (Å²) in [5.74, 6) is 0. The van der Waals surface area contributed by atoms with Gasteiger partial charge in [-0.15, -0.1) is 0 Å². The van der Waals surface area contributed by atoms with Crippen molar-refractivity contribution >= 4 is 9.84 Å². The number of sulfone groups is 1. The number of hydrogen-bond acceptors (Lipinski definition) is 4. The summed E-state index contributed by atoms with van der Waals surface area (Å²) in [6.45, 7) is 2.92. The summed E-state index contributed by atoms with van der Waals surface area (Å²) in [7, 11) is -1.14. The highest BCUT2D eigenvalue weighted by Gasteiger charge is 2.09. The molecule has 0 radical (unpaired) electrons. The molecule has 0 aliphatic heterocycles. The molecule has 2 rings (SSSR count). The molecule has 0 bridgehead atoms. The number of rotatable bonds is 6. The first-order chi connectivity index (χ1) is 9.88. The largest absolute Gasteiger partial charge is 0.336 e. The van der Waals surface area contributed by atoms with Gasteiger partial charge < -0.3 is 9.88 Å². The maximum atomic E-state index is 11.4. The molecule has 1 aromatic carbocycles. The normalized spacial score (nSPS) is 13.3. The maximum absolute atomic E-state index is 11.4. The van der Waals surface area contributed by atoms with Gasteiger partial charge in [-0.2, -0.15) is 0 Å². The van der Waals surface area contributed by atoms with Gasteiger partial charge in [0.1, 0.15) is 0 Å². The van der Waals surface area contributed by atoms with Crippen LogP contribution in [0.15, 0.2) is 41.7 Å². The number of nitrogens with one attached hydrogen (secondary N) is 1. The van der Waals surface area contributed by atoms with Gasteiger partial charge in [-0.05, 0) is 37.6 Å². The Balaban J connectivity index is 1.88. The van der Waals surface area contributed by atoms with Crippen LogP contribution in [-0.4, -0.2) is 30.8 Å². The van der Waals surface area contributed by atoms with E-state index in [1.807, 2.05) is 29.9 Å². The fourth-order valence-corrected chi connectivity index (χ4v) is 2.86. The van der Waals surface area contributed by atoms with Gasteiger partial charge in [0.25, 0.3) is 0 Å². The van der Waals surface area contributed by atoms with Crippen molar-refractivity contribution in [1.29, 1.82) is 0 Å². The first-order valence-electron chi connectivity index (χ1n) is 6.86. The molecule has 1 atom stereocenters. The van der Waals surface area contributed by atoms with Crippen molar-refractivity contribution in [3.8, 4) is 0 Å². The van der Waals surface area contributed by atoms with Crippen molar-refractivity contribution in [3.05, 3.63) is 48.0 Å². The lowest BCUT2D eigenvalue weighted by Gasteiger charge is -2.14. The summed E-state index contributed by atoms with van der Waals surface area (Å²) in [5, 5.41) is 3.44. The van der Waals surface area contributed by atoms with E-state index in [9.17, 15) is 8.42 Å². The monoisotopic (exact) mass is 307 g/mol. The molecule has 1 aromatic heterocycles. The Morgan fingerprint density at radius 2 is 1.95 bits per heavy atom. The van der Waals surface area contributed by atoms with Crippen molar-refractivity contribution < 1.29 is 8.42 Å². The van der Waals surface area contributed by atoms with E-state index in [2.05, 4.69) is 17.2 Å². The zero-order valence-electron chi connectivity index (χ0n) is 12.6. The molecule has 5 nitrogen and oxygen atoms in total. The van der Waals surface area contributed by atoms with Crippen LogP contribution in [0.2, 0.25) is 0 Å². The van der Waals surface area contributed by atoms with Crippen molar-refractivity contribution in [1.82, 2.24) is 14.9 Å². The SMILES string of the molecule is C[C@@H](NCCc1ccc(S(C)(=O)=O)cc1)c1cncn1C. The second-order valence-electron chi connectivity index (χ2n) is 5.27. The Labute approximate surface area is 125 Å². The number of aryl methyl sites for hydroxylation is 1. The molecule has 1 N–H and O–H groups in total. The van der Waals surface area contributed by atoms with Crippen LogP contribution in [0.5, 0.6) is 0 Å². The molecular formula is C15H21N3O2S. The first kappa shape index (κ1) is 15.7. The van der Waals surface area contributed by atoms with E-state index in [0.717, 1.165) is 24.2 Å². The number of nitrogens with zero attached hydrogens (tertiary/aromatic N) is 2. The lowest BCUT2D eigenvalue weighted by molar-refractivity contribution is 0.547. The standard InChI is InChI=1S/C15H21N3O2S/c1-12(15-10-16-11-18(15)2)17-9-8-13-4-6-14(7-5-13)21(3,19)20/h4-7,10-12,17H,8-9H2,1-3H3/t12-/m1/s1. The number of benzene rings is 1. The third kappa shape index (κ3) is 4.15. The average molecular weight is 307 g/mol. The topological polar surface area (TPSA) is 64.0 Å². The molecule has 0 spiro atoms. The van der Waals surface area contributed by atoms with Crippen LogP contribution in [0, 0.1) is 0 Å². The van der Waals surface area contributed by atoms with Gasteiger partial charge in [0.05, 0.1) is 16.9 Å². The van der Waals surface area contributed by atoms with Crippen LogP contribution in [0.4, 0.5) is 0 Å². The predicted octanol–water partition coefficient (Wildman–Crippen LogP) is 1.72. The van der Waals surface area contributed by atoms with E-state index in [-0.39, 0.29) is 6.04 Å². The molecule has 2 aromatic rings. The third-order valence-corrected chi connectivity index (χ3v) is 4.64. The van der Waals surface area contributed by atoms with E-state index in [1.54, 1.807) is 18.5 Å². The molecule has 0 aliphatic rings. The van der Waals surface area contributed by atoms with E-state index in [0.29, 0.717) is 4.90 Å². The van der Waals surface area contributed by atoms with Crippen LogP contribution in [-0.2, 0) is 23.3 Å². The van der Waals surface area contributed by atoms with Crippen LogP contribution in [0.3, 0.4) is 0 Å². The second-order valence-corrected chi connectivity index (χ2v) is 7.29. The fraction of sp³-hybridized carbons (Fsp3) is 0.400. The van der Waals surface area contributed by atoms with E-state index < -0.39 is 9.84 Å². The number of hydrogen-bond donors (Lipinski definition) is 1. The Bertz CT molecular complexity index is 690. The summed E-state index contributed by atoms with van der Waals surface area (Å²) in [5.41, 5.74) is 2.26. The molecule has 0 saturated carbocycles. The van der Waals surface area contributed by atoms with Gasteiger partial charge in [0, 0.05) is 25.5 Å². The molecule has 6 heteroatoms. The summed E-state index contributed by atoms with van der Waals surface area (Å²) >= 11 is 0. The maximum Gasteiger partial charge on any atom is 0.175 e. The highest BCUT2D eigenvalue weighted by molar-refractivity contribution is 7.90. The van der Waals surface area contributed by atoms with E-state index in [4.69, 9.17) is 0 Å². The summed E-state index contributed by atoms with van der Waals surface area (Å²) < 4.78 is 24.8. The van der Waals surface area contributed by atoms with Crippen LogP contribution in [0.25, 0.3) is 0 Å². The minimum absolute atomic E-state index is 0.229. The van der Waals surface area contributed by atoms with Gasteiger partial charge >= 0.3 is 0 Å². The van der Waals surface area contributed by atoms with Gasteiger partial charge in [-0.25, -0.2) is 13.4 Å². The zero-order chi connectivity index (χ0) is 15.5. The number of aromatic nitrogens is 2. The van der Waals surface area contributed by atoms with E-state index in [1.165, 1.54) is 6.26 Å². The fourth-order valence-electron chi connectivity index (χ4n) is 2.23. The van der Waals surface area contributed by atoms with Crippen molar-refractivity contribution in [2.75, 3.05) is 12.8 Å². The average Bonchev–Trinajstić information content (AvgIpc) is 2.84. The lowest BCUT2D eigenvalue weighted by Crippen LogP contribution is -2.23. The van der Waals surface area contributed by atoms with Gasteiger partial charge in [0.2, 0.25) is 0 Å². The van der Waals surface area contributed by atoms with Crippen LogP contribution >= 0.6 is 0 Å². The molecular weight excluding hydrogens is 286 g/mol. The third-order valence-electron chi connectivity index (χ3n) is 3.51. The number of imidazole rings is 1. The van der Waals surface area contributed by atoms with Crippen molar-refractivity contribution in [2.24, 2.45) is 7.05 Å². The smallest absolute Gasteiger partial charge is 0.175 e. The van der Waals surface area contributed by atoms with Crippen molar-refractivity contribution in [2.45, 2.75) is 24.3 Å². The Morgan fingerprint density at radius 1 is 1.29 bits per heavy atom. The highest BCUT2D eigenvalue weighted by Crippen LogP contribution is 2.12. The lowest BCUT2D eigenvalue weighted by atomic mass is 10.1. The molecule has 0 aliphatic carbocycles. The first-order valence-corrected chi connectivity index (χ1v) is 8.75. The molecule has 0 fully saturated rings. The predicted molar refractivity (Wildman–Crippen MR) is 82.9 cm³/mol. The van der Waals surface area contributed by atoms with E-state index >= 15 is 0 Å². The summed E-state index contributed by atoms with van der Waals surface area (Å²) in [4.78, 5) is 4.47. The molecule has 0 saturated heterocycles. The molecule has 1 heterocycles. The Kier molecular flexibility index (Phi) is 4.80. The Morgan fingerprint density at radius 3 is 2.48 bits per heavy atom. The summed E-state index contributed by atoms with van der Waals surface area (Å²) in [6, 6.07) is 7.29. The molecule has 114 valence electrons. The zero-order valence-corrected chi connectivity index (χ0v) is 13.4. The minimum atomic E-state index is -3.11. The quantitative estimate of drug-likeness (QED) is 0.882.